The fourth-order valence-corrected chi connectivity index (χ4v) is 8.62. The molecule has 0 atom stereocenters. The van der Waals surface area contributed by atoms with Gasteiger partial charge in [-0.1, -0.05) is 12.8 Å². The molecule has 2 aromatic heterocycles. The second-order valence-electron chi connectivity index (χ2n) is 15.0. The summed E-state index contributed by atoms with van der Waals surface area (Å²) in [5, 5.41) is 4.01. The number of aromatic nitrogens is 3. The number of piperidine rings is 1. The van der Waals surface area contributed by atoms with Crippen molar-refractivity contribution in [1.29, 1.82) is 0 Å². The summed E-state index contributed by atoms with van der Waals surface area (Å²) in [5.41, 5.74) is 1.70. The van der Waals surface area contributed by atoms with E-state index in [9.17, 15) is 18.0 Å². The minimum atomic E-state index is -3.74. The van der Waals surface area contributed by atoms with Gasteiger partial charge in [0, 0.05) is 49.0 Å². The molecule has 12 nitrogen and oxygen atoms in total. The summed E-state index contributed by atoms with van der Waals surface area (Å²) in [6, 6.07) is 8.35. The highest BCUT2D eigenvalue weighted by molar-refractivity contribution is 7.89. The maximum Gasteiger partial charge on any atom is 0.410 e. The van der Waals surface area contributed by atoms with Crippen molar-refractivity contribution in [2.45, 2.75) is 115 Å². The SMILES string of the molecule is Cc1cc(S(=O)(=O)NCCOC2CCC3(CC2)CCN(C(=O)OC(C)(C)C)CC3)ccc1Nc1ncc2ccc(=O)n(C3CCCC3)c2n1. The van der Waals surface area contributed by atoms with Crippen molar-refractivity contribution in [3.8, 4) is 0 Å². The van der Waals surface area contributed by atoms with Gasteiger partial charge in [-0.2, -0.15) is 4.98 Å². The molecule has 1 saturated heterocycles. The number of rotatable bonds is 9. The number of nitrogens with zero attached hydrogens (tertiary/aromatic N) is 4. The minimum Gasteiger partial charge on any atom is -0.444 e. The van der Waals surface area contributed by atoms with Crippen LogP contribution in [-0.2, 0) is 19.5 Å². The molecule has 266 valence electrons. The largest absolute Gasteiger partial charge is 0.444 e. The lowest BCUT2D eigenvalue weighted by molar-refractivity contribution is -0.0280. The maximum atomic E-state index is 13.1. The van der Waals surface area contributed by atoms with Gasteiger partial charge >= 0.3 is 6.09 Å². The van der Waals surface area contributed by atoms with Gasteiger partial charge in [-0.3, -0.25) is 9.36 Å². The Kier molecular flexibility index (Phi) is 10.3. The van der Waals surface area contributed by atoms with Crippen LogP contribution in [0.15, 0.2) is 46.2 Å². The number of hydrogen-bond donors (Lipinski definition) is 2. The van der Waals surface area contributed by atoms with Crippen LogP contribution in [0.25, 0.3) is 11.0 Å². The van der Waals surface area contributed by atoms with Crippen LogP contribution < -0.4 is 15.6 Å². The molecular weight excluding hydrogens is 644 g/mol. The average molecular weight is 695 g/mol. The van der Waals surface area contributed by atoms with E-state index < -0.39 is 15.6 Å². The zero-order valence-corrected chi connectivity index (χ0v) is 30.0. The number of hydrogen-bond acceptors (Lipinski definition) is 9. The molecule has 2 saturated carbocycles. The van der Waals surface area contributed by atoms with Gasteiger partial charge in [-0.25, -0.2) is 22.9 Å². The summed E-state index contributed by atoms with van der Waals surface area (Å²) < 4.78 is 42.3. The Morgan fingerprint density at radius 2 is 1.73 bits per heavy atom. The second-order valence-corrected chi connectivity index (χ2v) is 16.8. The van der Waals surface area contributed by atoms with E-state index in [1.165, 1.54) is 0 Å². The molecule has 3 aliphatic rings. The Labute approximate surface area is 289 Å². The summed E-state index contributed by atoms with van der Waals surface area (Å²) in [6.07, 6.45) is 11.6. The number of carbonyl (C=O) groups is 1. The molecule has 3 heterocycles. The summed E-state index contributed by atoms with van der Waals surface area (Å²) in [5.74, 6) is 0.346. The molecule has 49 heavy (non-hydrogen) atoms. The number of carbonyl (C=O) groups excluding carboxylic acids is 1. The van der Waals surface area contributed by atoms with E-state index in [0.29, 0.717) is 23.9 Å². The first-order valence-electron chi connectivity index (χ1n) is 17.7. The normalized spacial score (nSPS) is 19.1. The fourth-order valence-electron chi connectivity index (χ4n) is 7.52. The predicted molar refractivity (Wildman–Crippen MR) is 189 cm³/mol. The van der Waals surface area contributed by atoms with E-state index in [4.69, 9.17) is 14.5 Å². The Hall–Kier alpha value is -3.55. The molecule has 3 aromatic rings. The third-order valence-corrected chi connectivity index (χ3v) is 11.8. The highest BCUT2D eigenvalue weighted by atomic mass is 32.2. The first-order valence-corrected chi connectivity index (χ1v) is 19.1. The van der Waals surface area contributed by atoms with E-state index in [0.717, 1.165) is 88.2 Å². The van der Waals surface area contributed by atoms with Gasteiger partial charge in [-0.05, 0) is 114 Å². The molecule has 1 spiro atoms. The summed E-state index contributed by atoms with van der Waals surface area (Å²) in [6.45, 7) is 9.42. The van der Waals surface area contributed by atoms with Gasteiger partial charge in [0.05, 0.1) is 17.6 Å². The molecule has 0 unspecified atom stereocenters. The second kappa shape index (κ2) is 14.4. The minimum absolute atomic E-state index is 0.0613. The Bertz CT molecular complexity index is 1810. The van der Waals surface area contributed by atoms with Gasteiger partial charge in [0.25, 0.3) is 5.56 Å². The Balaban J connectivity index is 0.976. The number of benzene rings is 1. The highest BCUT2D eigenvalue weighted by Crippen LogP contribution is 2.45. The van der Waals surface area contributed by atoms with Crippen LogP contribution in [0.5, 0.6) is 0 Å². The van der Waals surface area contributed by atoms with Gasteiger partial charge in [0.2, 0.25) is 16.0 Å². The number of anilines is 2. The molecule has 13 heteroatoms. The average Bonchev–Trinajstić information content (AvgIpc) is 3.59. The van der Waals surface area contributed by atoms with Gasteiger partial charge in [-0.15, -0.1) is 0 Å². The molecule has 1 aliphatic heterocycles. The summed E-state index contributed by atoms with van der Waals surface area (Å²) in [7, 11) is -3.74. The lowest BCUT2D eigenvalue weighted by Gasteiger charge is -2.45. The van der Waals surface area contributed by atoms with Crippen LogP contribution in [0, 0.1) is 12.3 Å². The van der Waals surface area contributed by atoms with Crippen LogP contribution in [0.3, 0.4) is 0 Å². The summed E-state index contributed by atoms with van der Waals surface area (Å²) in [4.78, 5) is 36.4. The number of sulfonamides is 1. The van der Waals surface area contributed by atoms with Crippen LogP contribution in [0.4, 0.5) is 16.4 Å². The van der Waals surface area contributed by atoms with Crippen molar-refractivity contribution >= 4 is 38.8 Å². The van der Waals surface area contributed by atoms with Crippen LogP contribution >= 0.6 is 0 Å². The van der Waals surface area contributed by atoms with Crippen molar-refractivity contribution in [3.05, 3.63) is 52.4 Å². The highest BCUT2D eigenvalue weighted by Gasteiger charge is 2.40. The zero-order chi connectivity index (χ0) is 34.8. The summed E-state index contributed by atoms with van der Waals surface area (Å²) >= 11 is 0. The first-order chi connectivity index (χ1) is 23.3. The van der Waals surface area contributed by atoms with Crippen molar-refractivity contribution in [1.82, 2.24) is 24.2 Å². The van der Waals surface area contributed by atoms with Gasteiger partial charge in [0.15, 0.2) is 0 Å². The molecule has 2 aliphatic carbocycles. The monoisotopic (exact) mass is 694 g/mol. The van der Waals surface area contributed by atoms with Crippen LogP contribution in [0.1, 0.15) is 96.6 Å². The van der Waals surface area contributed by atoms with E-state index in [2.05, 4.69) is 15.0 Å². The molecule has 2 N–H and O–H groups in total. The van der Waals surface area contributed by atoms with Crippen LogP contribution in [-0.4, -0.2) is 71.9 Å². The lowest BCUT2D eigenvalue weighted by Crippen LogP contribution is -2.46. The number of aryl methyl sites for hydroxylation is 1. The molecule has 0 radical (unpaired) electrons. The number of amides is 1. The maximum absolute atomic E-state index is 13.1. The first kappa shape index (κ1) is 35.3. The lowest BCUT2D eigenvalue weighted by atomic mass is 9.67. The number of pyridine rings is 1. The molecule has 1 amide bonds. The molecule has 3 fully saturated rings. The molecule has 1 aromatic carbocycles. The van der Waals surface area contributed by atoms with Crippen molar-refractivity contribution < 1.29 is 22.7 Å². The Morgan fingerprint density at radius 1 is 1.02 bits per heavy atom. The molecular formula is C36H50N6O6S. The number of fused-ring (bicyclic) bond motifs is 1. The fraction of sp³-hybridized carbons (Fsp3) is 0.611. The number of ether oxygens (including phenoxy) is 2. The van der Waals surface area contributed by atoms with Gasteiger partial charge < -0.3 is 19.7 Å². The van der Waals surface area contributed by atoms with Crippen molar-refractivity contribution in [2.75, 3.05) is 31.6 Å². The third-order valence-electron chi connectivity index (χ3n) is 10.3. The van der Waals surface area contributed by atoms with E-state index >= 15 is 0 Å². The standard InChI is InChI=1S/C36H50N6O6S/c1-25-23-29(10-11-30(25)39-33-37-24-26-9-12-31(43)42(32(26)40-33)27-7-5-6-8-27)49(45,46)38-19-22-47-28-13-15-36(16-14-28)17-20-41(21-18-36)34(44)48-35(2,3)4/h9-12,23-24,27-28,38H,5-8,13-22H2,1-4H3,(H,37,39,40). The third kappa shape index (κ3) is 8.43. The topological polar surface area (TPSA) is 145 Å². The molecule has 0 bridgehead atoms. The van der Waals surface area contributed by atoms with E-state index in [-0.39, 0.29) is 40.7 Å². The molecule has 6 rings (SSSR count). The van der Waals surface area contributed by atoms with Gasteiger partial charge in [0.1, 0.15) is 11.2 Å². The predicted octanol–water partition coefficient (Wildman–Crippen LogP) is 6.21. The quantitative estimate of drug-likeness (QED) is 0.250. The number of likely N-dealkylation sites (tertiary alicyclic amines) is 1. The van der Waals surface area contributed by atoms with Crippen LogP contribution in [0.2, 0.25) is 0 Å². The van der Waals surface area contributed by atoms with E-state index in [1.54, 1.807) is 41.1 Å². The zero-order valence-electron chi connectivity index (χ0n) is 29.2. The van der Waals surface area contributed by atoms with E-state index in [1.807, 2.05) is 32.6 Å². The number of nitrogens with one attached hydrogen (secondary N) is 2. The van der Waals surface area contributed by atoms with Crippen molar-refractivity contribution in [2.24, 2.45) is 5.41 Å². The smallest absolute Gasteiger partial charge is 0.410 e. The van der Waals surface area contributed by atoms with Crippen molar-refractivity contribution in [3.63, 3.8) is 0 Å². The Morgan fingerprint density at radius 3 is 2.41 bits per heavy atom.